The number of hydrogen-bond donors (Lipinski definition) is 0. The monoisotopic (exact) mass is 543 g/mol. The lowest BCUT2D eigenvalue weighted by Gasteiger charge is -2.23. The lowest BCUT2D eigenvalue weighted by molar-refractivity contribution is -0.155. The molecule has 0 spiro atoms. The average molecular weight is 544 g/mol. The number of amides is 1. The van der Waals surface area contributed by atoms with Crippen LogP contribution in [-0.4, -0.2) is 50.8 Å². The van der Waals surface area contributed by atoms with Gasteiger partial charge in [0.15, 0.2) is 5.16 Å². The molecule has 0 saturated carbocycles. The molecule has 0 N–H and O–H groups in total. The number of ether oxygens (including phenoxy) is 1. The maximum absolute atomic E-state index is 13.3. The molecule has 1 amide bonds. The fourth-order valence-corrected chi connectivity index (χ4v) is 5.33. The predicted octanol–water partition coefficient (Wildman–Crippen LogP) is 6.17. The molecular formula is C32H37N3O3S. The Morgan fingerprint density at radius 3 is 2.21 bits per heavy atom. The highest BCUT2D eigenvalue weighted by Crippen LogP contribution is 2.25. The molecule has 0 aliphatic carbocycles. The number of nitrogens with zero attached hydrogens (tertiary/aromatic N) is 3. The minimum atomic E-state index is -0.545. The maximum atomic E-state index is 13.3. The Kier molecular flexibility index (Phi) is 9.82. The molecule has 0 unspecified atom stereocenters. The highest BCUT2D eigenvalue weighted by Gasteiger charge is 2.20. The molecule has 6 nitrogen and oxygen atoms in total. The quantitative estimate of drug-likeness (QED) is 0.121. The molecule has 204 valence electrons. The van der Waals surface area contributed by atoms with Gasteiger partial charge < -0.3 is 14.2 Å². The molecule has 1 heterocycles. The summed E-state index contributed by atoms with van der Waals surface area (Å²) >= 11 is 1.61. The Hall–Kier alpha value is -3.58. The summed E-state index contributed by atoms with van der Waals surface area (Å²) in [6, 6.07) is 28.0. The molecule has 4 rings (SSSR count). The van der Waals surface area contributed by atoms with Crippen LogP contribution in [0.2, 0.25) is 0 Å². The van der Waals surface area contributed by atoms with Crippen molar-refractivity contribution in [2.24, 2.45) is 0 Å². The van der Waals surface area contributed by atoms with Crippen molar-refractivity contribution in [2.45, 2.75) is 57.3 Å². The van der Waals surface area contributed by atoms with Gasteiger partial charge in [0, 0.05) is 18.8 Å². The smallest absolute Gasteiger partial charge is 0.326 e. The van der Waals surface area contributed by atoms with Crippen molar-refractivity contribution in [3.8, 4) is 0 Å². The number of imidazole rings is 1. The van der Waals surface area contributed by atoms with Crippen LogP contribution in [0, 0.1) is 0 Å². The maximum Gasteiger partial charge on any atom is 0.326 e. The van der Waals surface area contributed by atoms with Gasteiger partial charge in [0.05, 0.1) is 17.5 Å². The van der Waals surface area contributed by atoms with E-state index in [9.17, 15) is 9.59 Å². The minimum Gasteiger partial charge on any atom is -0.459 e. The SMILES string of the molecule is CC(C)(C)OC(=O)Cn1c(SCCCN(CCc2ccccc2)C(=O)Cc2ccccc2)nc2ccccc21. The van der Waals surface area contributed by atoms with Gasteiger partial charge in [-0.1, -0.05) is 84.6 Å². The van der Waals surface area contributed by atoms with Crippen molar-refractivity contribution >= 4 is 34.7 Å². The third kappa shape index (κ3) is 8.72. The second-order valence-electron chi connectivity index (χ2n) is 10.5. The Balaban J connectivity index is 1.40. The summed E-state index contributed by atoms with van der Waals surface area (Å²) in [5.41, 5.74) is 3.47. The lowest BCUT2D eigenvalue weighted by Crippen LogP contribution is -2.35. The molecule has 3 aromatic carbocycles. The van der Waals surface area contributed by atoms with Gasteiger partial charge >= 0.3 is 5.97 Å². The number of rotatable bonds is 12. The number of hydrogen-bond acceptors (Lipinski definition) is 5. The van der Waals surface area contributed by atoms with E-state index in [4.69, 9.17) is 9.72 Å². The molecule has 0 aliphatic heterocycles. The summed E-state index contributed by atoms with van der Waals surface area (Å²) < 4.78 is 7.50. The van der Waals surface area contributed by atoms with E-state index in [1.165, 1.54) is 5.56 Å². The highest BCUT2D eigenvalue weighted by molar-refractivity contribution is 7.99. The fourth-order valence-electron chi connectivity index (χ4n) is 4.39. The molecule has 4 aromatic rings. The van der Waals surface area contributed by atoms with E-state index in [1.54, 1.807) is 11.8 Å². The second-order valence-corrected chi connectivity index (χ2v) is 11.6. The van der Waals surface area contributed by atoms with E-state index in [0.717, 1.165) is 40.3 Å². The van der Waals surface area contributed by atoms with Crippen molar-refractivity contribution in [3.63, 3.8) is 0 Å². The number of carbonyl (C=O) groups is 2. The van der Waals surface area contributed by atoms with Crippen LogP contribution in [0.4, 0.5) is 0 Å². The number of fused-ring (bicyclic) bond motifs is 1. The molecule has 0 saturated heterocycles. The topological polar surface area (TPSA) is 64.4 Å². The first kappa shape index (κ1) is 28.4. The van der Waals surface area contributed by atoms with Crippen LogP contribution in [-0.2, 0) is 33.7 Å². The molecule has 7 heteroatoms. The Morgan fingerprint density at radius 1 is 0.872 bits per heavy atom. The standard InChI is InChI=1S/C32H37N3O3S/c1-32(2,3)38-30(37)24-35-28-18-11-10-17-27(28)33-31(35)39-22-12-20-34(21-19-25-13-6-4-7-14-25)29(36)23-26-15-8-5-9-16-26/h4-11,13-18H,12,19-24H2,1-3H3. The van der Waals surface area contributed by atoms with E-state index < -0.39 is 5.60 Å². The summed E-state index contributed by atoms with van der Waals surface area (Å²) in [5, 5.41) is 0.786. The average Bonchev–Trinajstić information content (AvgIpc) is 3.25. The van der Waals surface area contributed by atoms with Crippen molar-refractivity contribution in [1.82, 2.24) is 14.5 Å². The zero-order valence-electron chi connectivity index (χ0n) is 23.0. The number of aromatic nitrogens is 2. The first-order chi connectivity index (χ1) is 18.8. The third-order valence-electron chi connectivity index (χ3n) is 6.19. The number of esters is 1. The lowest BCUT2D eigenvalue weighted by atomic mass is 10.1. The molecule has 1 aromatic heterocycles. The van der Waals surface area contributed by atoms with Crippen LogP contribution in [0.15, 0.2) is 90.1 Å². The van der Waals surface area contributed by atoms with E-state index >= 15 is 0 Å². The zero-order valence-corrected chi connectivity index (χ0v) is 23.8. The highest BCUT2D eigenvalue weighted by atomic mass is 32.2. The predicted molar refractivity (Wildman–Crippen MR) is 158 cm³/mol. The van der Waals surface area contributed by atoms with Gasteiger partial charge in [-0.05, 0) is 56.9 Å². The number of thioether (sulfide) groups is 1. The van der Waals surface area contributed by atoms with Crippen LogP contribution in [0.25, 0.3) is 11.0 Å². The summed E-state index contributed by atoms with van der Waals surface area (Å²) in [6.07, 6.45) is 2.03. The second kappa shape index (κ2) is 13.5. The molecule has 0 fully saturated rings. The zero-order chi connectivity index (χ0) is 27.7. The summed E-state index contributed by atoms with van der Waals surface area (Å²) in [7, 11) is 0. The number of benzene rings is 3. The summed E-state index contributed by atoms with van der Waals surface area (Å²) in [4.78, 5) is 32.6. The van der Waals surface area contributed by atoms with Crippen molar-refractivity contribution in [1.29, 1.82) is 0 Å². The normalized spacial score (nSPS) is 11.5. The minimum absolute atomic E-state index is 0.110. The Bertz CT molecular complexity index is 1360. The van der Waals surface area contributed by atoms with Crippen LogP contribution in [0.3, 0.4) is 0 Å². The molecule has 0 bridgehead atoms. The number of para-hydroxylation sites is 2. The van der Waals surface area contributed by atoms with Crippen LogP contribution in [0.1, 0.15) is 38.3 Å². The molecular weight excluding hydrogens is 506 g/mol. The van der Waals surface area contributed by atoms with Gasteiger partial charge in [-0.15, -0.1) is 0 Å². The Morgan fingerprint density at radius 2 is 1.51 bits per heavy atom. The van der Waals surface area contributed by atoms with E-state index in [-0.39, 0.29) is 18.4 Å². The molecule has 0 radical (unpaired) electrons. The molecule has 39 heavy (non-hydrogen) atoms. The van der Waals surface area contributed by atoms with Crippen LogP contribution < -0.4 is 0 Å². The number of carbonyl (C=O) groups excluding carboxylic acids is 2. The van der Waals surface area contributed by atoms with E-state index in [1.807, 2.05) is 103 Å². The summed E-state index contributed by atoms with van der Waals surface area (Å²) in [5.74, 6) is 0.628. The van der Waals surface area contributed by atoms with Gasteiger partial charge in [-0.25, -0.2) is 4.98 Å². The Labute approximate surface area is 235 Å². The van der Waals surface area contributed by atoms with Crippen LogP contribution >= 0.6 is 11.8 Å². The van der Waals surface area contributed by atoms with E-state index in [0.29, 0.717) is 19.5 Å². The van der Waals surface area contributed by atoms with Crippen molar-refractivity contribution < 1.29 is 14.3 Å². The van der Waals surface area contributed by atoms with Crippen LogP contribution in [0.5, 0.6) is 0 Å². The first-order valence-electron chi connectivity index (χ1n) is 13.4. The van der Waals surface area contributed by atoms with Gasteiger partial charge in [-0.2, -0.15) is 0 Å². The van der Waals surface area contributed by atoms with Gasteiger partial charge in [0.25, 0.3) is 0 Å². The van der Waals surface area contributed by atoms with Gasteiger partial charge in [-0.3, -0.25) is 9.59 Å². The van der Waals surface area contributed by atoms with Gasteiger partial charge in [0.2, 0.25) is 5.91 Å². The fraction of sp³-hybridized carbons (Fsp3) is 0.344. The van der Waals surface area contributed by atoms with Crippen molar-refractivity contribution in [3.05, 3.63) is 96.1 Å². The molecule has 0 atom stereocenters. The largest absolute Gasteiger partial charge is 0.459 e. The van der Waals surface area contributed by atoms with Crippen molar-refractivity contribution in [2.75, 3.05) is 18.8 Å². The molecule has 0 aliphatic rings. The first-order valence-corrected chi connectivity index (χ1v) is 14.4. The summed E-state index contributed by atoms with van der Waals surface area (Å²) in [6.45, 7) is 7.06. The van der Waals surface area contributed by atoms with Gasteiger partial charge in [0.1, 0.15) is 12.1 Å². The third-order valence-corrected chi connectivity index (χ3v) is 7.26. The van der Waals surface area contributed by atoms with E-state index in [2.05, 4.69) is 12.1 Å².